The molecule has 1 aliphatic rings. The number of carbonyl (C=O) groups excluding carboxylic acids is 1. The maximum atomic E-state index is 12.5. The minimum atomic E-state index is 0.0136. The third kappa shape index (κ3) is 3.95. The van der Waals surface area contributed by atoms with E-state index < -0.39 is 0 Å². The van der Waals surface area contributed by atoms with Crippen molar-refractivity contribution < 1.29 is 9.32 Å². The number of piperazine rings is 1. The van der Waals surface area contributed by atoms with Crippen molar-refractivity contribution in [1.82, 2.24) is 19.9 Å². The molecule has 1 aliphatic heterocycles. The molecule has 3 heterocycles. The van der Waals surface area contributed by atoms with Crippen molar-refractivity contribution in [2.24, 2.45) is 5.73 Å². The summed E-state index contributed by atoms with van der Waals surface area (Å²) in [6.45, 7) is 6.26. The maximum Gasteiger partial charge on any atom is 0.273 e. The van der Waals surface area contributed by atoms with Crippen LogP contribution in [0.2, 0.25) is 0 Å². The summed E-state index contributed by atoms with van der Waals surface area (Å²) in [6.07, 6.45) is 0.725. The second-order valence-corrected chi connectivity index (χ2v) is 6.61. The molecule has 1 saturated heterocycles. The highest BCUT2D eigenvalue weighted by atomic mass is 32.1. The molecule has 0 aromatic carbocycles. The van der Waals surface area contributed by atoms with E-state index in [2.05, 4.69) is 15.0 Å². The number of nitrogens with two attached hydrogens (primary N) is 1. The largest absolute Gasteiger partial charge is 0.360 e. The molecule has 0 aliphatic carbocycles. The molecular formula is C15H21N5O2S. The van der Waals surface area contributed by atoms with Crippen molar-refractivity contribution >= 4 is 17.2 Å². The zero-order chi connectivity index (χ0) is 16.2. The summed E-state index contributed by atoms with van der Waals surface area (Å²) in [5.74, 6) is 0.882. The first kappa shape index (κ1) is 16.1. The van der Waals surface area contributed by atoms with E-state index in [0.29, 0.717) is 25.3 Å². The van der Waals surface area contributed by atoms with Crippen LogP contribution in [0, 0.1) is 6.92 Å². The summed E-state index contributed by atoms with van der Waals surface area (Å²) < 4.78 is 5.25. The van der Waals surface area contributed by atoms with Gasteiger partial charge in [-0.15, -0.1) is 11.3 Å². The lowest BCUT2D eigenvalue weighted by atomic mass is 10.2. The Kier molecular flexibility index (Phi) is 5.04. The third-order valence-corrected chi connectivity index (χ3v) is 4.75. The molecule has 2 aromatic rings. The number of amides is 1. The topological polar surface area (TPSA) is 88.5 Å². The van der Waals surface area contributed by atoms with Crippen LogP contribution in [0.3, 0.4) is 0 Å². The molecule has 1 amide bonds. The second-order valence-electron chi connectivity index (χ2n) is 5.67. The Morgan fingerprint density at radius 3 is 2.83 bits per heavy atom. The molecule has 0 saturated carbocycles. The first-order chi connectivity index (χ1) is 11.2. The molecule has 0 spiro atoms. The van der Waals surface area contributed by atoms with Gasteiger partial charge in [-0.1, -0.05) is 5.16 Å². The molecule has 2 aromatic heterocycles. The molecule has 0 radical (unpaired) electrons. The van der Waals surface area contributed by atoms with E-state index in [0.717, 1.165) is 42.5 Å². The van der Waals surface area contributed by atoms with E-state index in [9.17, 15) is 4.79 Å². The van der Waals surface area contributed by atoms with Gasteiger partial charge in [-0.05, 0) is 13.5 Å². The van der Waals surface area contributed by atoms with Crippen LogP contribution in [-0.2, 0) is 13.0 Å². The molecule has 0 atom stereocenters. The predicted octanol–water partition coefficient (Wildman–Crippen LogP) is 0.899. The summed E-state index contributed by atoms with van der Waals surface area (Å²) >= 11 is 1.50. The first-order valence-electron chi connectivity index (χ1n) is 7.74. The number of hydrogen-bond donors (Lipinski definition) is 1. The minimum absolute atomic E-state index is 0.0136. The molecule has 0 unspecified atom stereocenters. The number of aromatic nitrogens is 2. The first-order valence-corrected chi connectivity index (χ1v) is 8.62. The van der Waals surface area contributed by atoms with Crippen molar-refractivity contribution in [3.63, 3.8) is 0 Å². The van der Waals surface area contributed by atoms with Gasteiger partial charge in [0.1, 0.15) is 5.69 Å². The number of nitrogens with zero attached hydrogens (tertiary/aromatic N) is 4. The molecule has 124 valence electrons. The average molecular weight is 335 g/mol. The number of hydrogen-bond acceptors (Lipinski definition) is 7. The Hall–Kier alpha value is -1.77. The quantitative estimate of drug-likeness (QED) is 0.873. The Bertz CT molecular complexity index is 660. The Balaban J connectivity index is 1.52. The van der Waals surface area contributed by atoms with Crippen molar-refractivity contribution in [3.05, 3.63) is 33.6 Å². The van der Waals surface area contributed by atoms with Crippen LogP contribution in [0.15, 0.2) is 16.0 Å². The van der Waals surface area contributed by atoms with Crippen molar-refractivity contribution in [3.8, 4) is 0 Å². The smallest absolute Gasteiger partial charge is 0.273 e. The Morgan fingerprint density at radius 1 is 1.39 bits per heavy atom. The fourth-order valence-corrected chi connectivity index (χ4v) is 3.42. The third-order valence-electron chi connectivity index (χ3n) is 3.84. The summed E-state index contributed by atoms with van der Waals surface area (Å²) in [4.78, 5) is 21.0. The van der Waals surface area contributed by atoms with Gasteiger partial charge in [-0.2, -0.15) is 0 Å². The highest BCUT2D eigenvalue weighted by Gasteiger charge is 2.24. The standard InChI is InChI=1S/C15H21N5O2S/c1-11-8-12(22-18-11)9-19-4-6-20(7-5-19)15(21)13-10-23-14(17-13)2-3-16/h8,10H,2-7,9,16H2,1H3. The fraction of sp³-hybridized carbons (Fsp3) is 0.533. The van der Waals surface area contributed by atoms with Gasteiger partial charge in [0.15, 0.2) is 5.76 Å². The lowest BCUT2D eigenvalue weighted by Crippen LogP contribution is -2.48. The molecule has 8 heteroatoms. The lowest BCUT2D eigenvalue weighted by Gasteiger charge is -2.33. The van der Waals surface area contributed by atoms with Crippen LogP contribution in [0.1, 0.15) is 27.0 Å². The van der Waals surface area contributed by atoms with Gasteiger partial charge in [-0.25, -0.2) is 4.98 Å². The molecule has 1 fully saturated rings. The molecule has 7 nitrogen and oxygen atoms in total. The average Bonchev–Trinajstić information content (AvgIpc) is 3.17. The van der Waals surface area contributed by atoms with Crippen LogP contribution < -0.4 is 5.73 Å². The maximum absolute atomic E-state index is 12.5. The van der Waals surface area contributed by atoms with E-state index in [1.807, 2.05) is 23.3 Å². The zero-order valence-corrected chi connectivity index (χ0v) is 14.0. The van der Waals surface area contributed by atoms with Gasteiger partial charge in [0.2, 0.25) is 0 Å². The Morgan fingerprint density at radius 2 is 2.17 bits per heavy atom. The van der Waals surface area contributed by atoms with Crippen LogP contribution in [0.25, 0.3) is 0 Å². The number of carbonyl (C=O) groups is 1. The predicted molar refractivity (Wildman–Crippen MR) is 87.3 cm³/mol. The molecule has 2 N–H and O–H groups in total. The number of aryl methyl sites for hydroxylation is 1. The summed E-state index contributed by atoms with van der Waals surface area (Å²) in [5, 5.41) is 6.66. The second kappa shape index (κ2) is 7.20. The molecule has 23 heavy (non-hydrogen) atoms. The zero-order valence-electron chi connectivity index (χ0n) is 13.2. The molecular weight excluding hydrogens is 314 g/mol. The lowest BCUT2D eigenvalue weighted by molar-refractivity contribution is 0.0612. The van der Waals surface area contributed by atoms with Gasteiger partial charge in [0.25, 0.3) is 5.91 Å². The fourth-order valence-electron chi connectivity index (χ4n) is 2.63. The summed E-state index contributed by atoms with van der Waals surface area (Å²) in [7, 11) is 0. The van der Waals surface area contributed by atoms with Crippen molar-refractivity contribution in [1.29, 1.82) is 0 Å². The van der Waals surface area contributed by atoms with E-state index in [1.165, 1.54) is 11.3 Å². The molecule has 3 rings (SSSR count). The van der Waals surface area contributed by atoms with Crippen LogP contribution in [0.5, 0.6) is 0 Å². The van der Waals surface area contributed by atoms with Crippen molar-refractivity contribution in [2.75, 3.05) is 32.7 Å². The van der Waals surface area contributed by atoms with E-state index in [4.69, 9.17) is 10.3 Å². The highest BCUT2D eigenvalue weighted by Crippen LogP contribution is 2.15. The summed E-state index contributed by atoms with van der Waals surface area (Å²) in [5.41, 5.74) is 6.96. The Labute approximate surface area is 139 Å². The summed E-state index contributed by atoms with van der Waals surface area (Å²) in [6, 6.07) is 1.95. The van der Waals surface area contributed by atoms with Gasteiger partial charge in [0, 0.05) is 44.0 Å². The van der Waals surface area contributed by atoms with Crippen LogP contribution >= 0.6 is 11.3 Å². The highest BCUT2D eigenvalue weighted by molar-refractivity contribution is 7.09. The monoisotopic (exact) mass is 335 g/mol. The molecule has 0 bridgehead atoms. The number of rotatable bonds is 5. The van der Waals surface area contributed by atoms with Crippen molar-refractivity contribution in [2.45, 2.75) is 19.9 Å². The van der Waals surface area contributed by atoms with Gasteiger partial charge < -0.3 is 15.2 Å². The van der Waals surface area contributed by atoms with E-state index >= 15 is 0 Å². The minimum Gasteiger partial charge on any atom is -0.360 e. The van der Waals surface area contributed by atoms with Crippen LogP contribution in [-0.4, -0.2) is 58.6 Å². The number of thiazole rings is 1. The van der Waals surface area contributed by atoms with E-state index in [-0.39, 0.29) is 5.91 Å². The van der Waals surface area contributed by atoms with Gasteiger partial charge in [0.05, 0.1) is 17.2 Å². The van der Waals surface area contributed by atoms with Gasteiger partial charge in [-0.3, -0.25) is 9.69 Å². The van der Waals surface area contributed by atoms with Crippen LogP contribution in [0.4, 0.5) is 0 Å². The van der Waals surface area contributed by atoms with E-state index in [1.54, 1.807) is 0 Å². The SMILES string of the molecule is Cc1cc(CN2CCN(C(=O)c3csc(CCN)n3)CC2)on1. The normalized spacial score (nSPS) is 16.0. The van der Waals surface area contributed by atoms with Gasteiger partial charge >= 0.3 is 0 Å².